The number of carbonyl (C=O) groups is 1. The number of ether oxygens (including phenoxy) is 1. The molecule has 0 bridgehead atoms. The third-order valence-electron chi connectivity index (χ3n) is 2.77. The normalized spacial score (nSPS) is 15.2. The van der Waals surface area contributed by atoms with E-state index in [0.717, 1.165) is 0 Å². The first-order valence-electron chi connectivity index (χ1n) is 5.50. The second-order valence-corrected chi connectivity index (χ2v) is 5.65. The second kappa shape index (κ2) is 4.58. The van der Waals surface area contributed by atoms with Crippen LogP contribution in [-0.4, -0.2) is 34.5 Å². The lowest BCUT2D eigenvalue weighted by molar-refractivity contribution is -0.121. The average Bonchev–Trinajstić information content (AvgIpc) is 2.38. The Morgan fingerprint density at radius 1 is 1.44 bits per heavy atom. The van der Waals surface area contributed by atoms with Crippen molar-refractivity contribution < 1.29 is 17.9 Å². The molecular formula is C11H14N2O4S. The van der Waals surface area contributed by atoms with E-state index in [1.54, 1.807) is 6.07 Å². The van der Waals surface area contributed by atoms with Gasteiger partial charge in [0, 0.05) is 6.54 Å². The van der Waals surface area contributed by atoms with Gasteiger partial charge < -0.3 is 9.64 Å². The first kappa shape index (κ1) is 12.8. The highest BCUT2D eigenvalue weighted by atomic mass is 32.2. The summed E-state index contributed by atoms with van der Waals surface area (Å²) in [5.74, 6) is 0.343. The molecule has 0 aromatic heterocycles. The highest BCUT2D eigenvalue weighted by Gasteiger charge is 2.26. The van der Waals surface area contributed by atoms with Gasteiger partial charge >= 0.3 is 0 Å². The van der Waals surface area contributed by atoms with E-state index in [0.29, 0.717) is 18.0 Å². The molecular weight excluding hydrogens is 256 g/mol. The van der Waals surface area contributed by atoms with Crippen LogP contribution in [0.15, 0.2) is 23.1 Å². The molecule has 18 heavy (non-hydrogen) atoms. The van der Waals surface area contributed by atoms with Gasteiger partial charge in [0.1, 0.15) is 5.75 Å². The minimum atomic E-state index is -3.52. The van der Waals surface area contributed by atoms with Gasteiger partial charge in [-0.25, -0.2) is 13.1 Å². The van der Waals surface area contributed by atoms with Gasteiger partial charge in [0.05, 0.1) is 10.6 Å². The molecule has 0 fully saturated rings. The summed E-state index contributed by atoms with van der Waals surface area (Å²) >= 11 is 0. The van der Waals surface area contributed by atoms with E-state index >= 15 is 0 Å². The lowest BCUT2D eigenvalue weighted by Gasteiger charge is -2.28. The Kier molecular flexibility index (Phi) is 3.27. The van der Waals surface area contributed by atoms with E-state index in [9.17, 15) is 13.2 Å². The van der Waals surface area contributed by atoms with Gasteiger partial charge in [0.25, 0.3) is 5.91 Å². The second-order valence-electron chi connectivity index (χ2n) is 3.76. The van der Waals surface area contributed by atoms with Crippen LogP contribution in [0, 0.1) is 0 Å². The summed E-state index contributed by atoms with van der Waals surface area (Å²) in [6, 6.07) is 4.46. The van der Waals surface area contributed by atoms with E-state index < -0.39 is 10.0 Å². The molecule has 1 heterocycles. The number of hydrogen-bond donors (Lipinski definition) is 1. The summed E-state index contributed by atoms with van der Waals surface area (Å²) < 4.78 is 30.9. The summed E-state index contributed by atoms with van der Waals surface area (Å²) in [7, 11) is -2.18. The third-order valence-corrected chi connectivity index (χ3v) is 4.18. The van der Waals surface area contributed by atoms with E-state index in [2.05, 4.69) is 4.72 Å². The fourth-order valence-corrected chi connectivity index (χ4v) is 2.56. The minimum Gasteiger partial charge on any atom is -0.482 e. The average molecular weight is 270 g/mol. The molecule has 7 heteroatoms. The van der Waals surface area contributed by atoms with Crippen LogP contribution in [0.25, 0.3) is 0 Å². The van der Waals surface area contributed by atoms with Crippen LogP contribution < -0.4 is 14.4 Å². The SMILES string of the molecule is CCN1C(=O)COc2ccc(S(=O)(=O)NC)cc21. The molecule has 1 aromatic rings. The summed E-state index contributed by atoms with van der Waals surface area (Å²) in [6.07, 6.45) is 0. The number of sulfonamides is 1. The monoisotopic (exact) mass is 270 g/mol. The van der Waals surface area contributed by atoms with E-state index in [4.69, 9.17) is 4.74 Å². The molecule has 0 aliphatic carbocycles. The van der Waals surface area contributed by atoms with Gasteiger partial charge in [-0.2, -0.15) is 0 Å². The highest BCUT2D eigenvalue weighted by molar-refractivity contribution is 7.89. The molecule has 1 amide bonds. The molecule has 1 aliphatic heterocycles. The Balaban J connectivity index is 2.54. The molecule has 0 radical (unpaired) electrons. The lowest BCUT2D eigenvalue weighted by Crippen LogP contribution is -2.38. The number of benzene rings is 1. The van der Waals surface area contributed by atoms with Gasteiger partial charge in [0.15, 0.2) is 6.61 Å². The lowest BCUT2D eigenvalue weighted by atomic mass is 10.2. The molecule has 0 spiro atoms. The van der Waals surface area contributed by atoms with Crippen LogP contribution in [0.5, 0.6) is 5.75 Å². The molecule has 0 atom stereocenters. The van der Waals surface area contributed by atoms with Crippen LogP contribution in [0.2, 0.25) is 0 Å². The number of amides is 1. The number of nitrogens with zero attached hydrogens (tertiary/aromatic N) is 1. The largest absolute Gasteiger partial charge is 0.482 e. The summed E-state index contributed by atoms with van der Waals surface area (Å²) in [6.45, 7) is 2.28. The standard InChI is InChI=1S/C11H14N2O4S/c1-3-13-9-6-8(18(15,16)12-2)4-5-10(9)17-7-11(13)14/h4-6,12H,3,7H2,1-2H3. The number of fused-ring (bicyclic) bond motifs is 1. The van der Waals surface area contributed by atoms with Crippen LogP contribution in [-0.2, 0) is 14.8 Å². The van der Waals surface area contributed by atoms with Crippen molar-refractivity contribution in [3.05, 3.63) is 18.2 Å². The van der Waals surface area contributed by atoms with Crippen molar-refractivity contribution in [3.8, 4) is 5.75 Å². The minimum absolute atomic E-state index is 0.0149. The number of nitrogens with one attached hydrogen (secondary N) is 1. The fourth-order valence-electron chi connectivity index (χ4n) is 1.81. The Morgan fingerprint density at radius 2 is 2.17 bits per heavy atom. The third kappa shape index (κ3) is 2.06. The van der Waals surface area contributed by atoms with Gasteiger partial charge in [-0.05, 0) is 32.2 Å². The van der Waals surface area contributed by atoms with Crippen molar-refractivity contribution in [2.24, 2.45) is 0 Å². The Bertz CT molecular complexity index is 583. The van der Waals surface area contributed by atoms with Crippen LogP contribution in [0.1, 0.15) is 6.92 Å². The number of anilines is 1. The van der Waals surface area contributed by atoms with Crippen molar-refractivity contribution >= 4 is 21.6 Å². The first-order chi connectivity index (χ1) is 8.49. The molecule has 98 valence electrons. The molecule has 0 saturated carbocycles. The number of carbonyl (C=O) groups excluding carboxylic acids is 1. The maximum atomic E-state index is 11.7. The molecule has 2 rings (SSSR count). The van der Waals surface area contributed by atoms with Gasteiger partial charge in [0.2, 0.25) is 10.0 Å². The first-order valence-corrected chi connectivity index (χ1v) is 6.98. The van der Waals surface area contributed by atoms with Crippen molar-refractivity contribution in [1.29, 1.82) is 0 Å². The van der Waals surface area contributed by atoms with Gasteiger partial charge in [-0.3, -0.25) is 4.79 Å². The van der Waals surface area contributed by atoms with Crippen molar-refractivity contribution in [1.82, 2.24) is 4.72 Å². The Morgan fingerprint density at radius 3 is 2.78 bits per heavy atom. The molecule has 0 unspecified atom stereocenters. The van der Waals surface area contributed by atoms with Crippen LogP contribution in [0.4, 0.5) is 5.69 Å². The molecule has 1 N–H and O–H groups in total. The predicted molar refractivity (Wildman–Crippen MR) is 66.2 cm³/mol. The topological polar surface area (TPSA) is 75.7 Å². The molecule has 1 aromatic carbocycles. The predicted octanol–water partition coefficient (Wildman–Crippen LogP) is 0.340. The summed E-state index contributed by atoms with van der Waals surface area (Å²) in [4.78, 5) is 13.3. The van der Waals surface area contributed by atoms with Gasteiger partial charge in [-0.15, -0.1) is 0 Å². The zero-order chi connectivity index (χ0) is 13.3. The number of rotatable bonds is 3. The maximum absolute atomic E-state index is 11.7. The smallest absolute Gasteiger partial charge is 0.265 e. The Hall–Kier alpha value is -1.60. The molecule has 0 saturated heterocycles. The van der Waals surface area contributed by atoms with E-state index in [-0.39, 0.29) is 17.4 Å². The highest BCUT2D eigenvalue weighted by Crippen LogP contribution is 2.33. The molecule has 1 aliphatic rings. The zero-order valence-corrected chi connectivity index (χ0v) is 11.0. The van der Waals surface area contributed by atoms with Crippen molar-refractivity contribution in [2.75, 3.05) is 25.1 Å². The van der Waals surface area contributed by atoms with Crippen molar-refractivity contribution in [3.63, 3.8) is 0 Å². The molecule has 6 nitrogen and oxygen atoms in total. The summed E-state index contributed by atoms with van der Waals surface area (Å²) in [5.41, 5.74) is 0.491. The van der Waals surface area contributed by atoms with E-state index in [1.807, 2.05) is 6.92 Å². The van der Waals surface area contributed by atoms with Crippen molar-refractivity contribution in [2.45, 2.75) is 11.8 Å². The van der Waals surface area contributed by atoms with E-state index in [1.165, 1.54) is 24.1 Å². The van der Waals surface area contributed by atoms with Gasteiger partial charge in [-0.1, -0.05) is 0 Å². The fraction of sp³-hybridized carbons (Fsp3) is 0.364. The maximum Gasteiger partial charge on any atom is 0.265 e. The zero-order valence-electron chi connectivity index (χ0n) is 10.1. The Labute approximate surface area is 106 Å². The number of likely N-dealkylation sites (N-methyl/N-ethyl adjacent to an activating group) is 1. The van der Waals surface area contributed by atoms with Crippen LogP contribution in [0.3, 0.4) is 0 Å². The van der Waals surface area contributed by atoms with Crippen LogP contribution >= 0.6 is 0 Å². The quantitative estimate of drug-likeness (QED) is 0.859. The number of hydrogen-bond acceptors (Lipinski definition) is 4. The summed E-state index contributed by atoms with van der Waals surface area (Å²) in [5, 5.41) is 0.